The van der Waals surface area contributed by atoms with Gasteiger partial charge in [-0.15, -0.1) is 0 Å². The standard InChI is InChI=1S/C20H13FN4O/c21-17-11-22-9-7-16(17)14-4-3-5-15(10-14)25-12-19(24-13-25)20(26)18-6-1-2-8-23-18/h1-13H. The fourth-order valence-electron chi connectivity index (χ4n) is 2.65. The Morgan fingerprint density at radius 2 is 1.88 bits per heavy atom. The first-order chi connectivity index (χ1) is 12.7. The Kier molecular flexibility index (Phi) is 4.07. The summed E-state index contributed by atoms with van der Waals surface area (Å²) >= 11 is 0. The highest BCUT2D eigenvalue weighted by molar-refractivity contribution is 6.06. The zero-order valence-electron chi connectivity index (χ0n) is 13.6. The van der Waals surface area contributed by atoms with Crippen molar-refractivity contribution in [3.05, 3.63) is 96.9 Å². The van der Waals surface area contributed by atoms with Gasteiger partial charge in [-0.05, 0) is 35.9 Å². The number of nitrogens with zero attached hydrogens (tertiary/aromatic N) is 4. The fraction of sp³-hybridized carbons (Fsp3) is 0. The zero-order valence-corrected chi connectivity index (χ0v) is 13.6. The summed E-state index contributed by atoms with van der Waals surface area (Å²) in [4.78, 5) is 24.4. The number of hydrogen-bond donors (Lipinski definition) is 0. The van der Waals surface area contributed by atoms with Gasteiger partial charge >= 0.3 is 0 Å². The van der Waals surface area contributed by atoms with Gasteiger partial charge in [-0.25, -0.2) is 9.37 Å². The lowest BCUT2D eigenvalue weighted by molar-refractivity contribution is 0.103. The fourth-order valence-corrected chi connectivity index (χ4v) is 2.65. The lowest BCUT2D eigenvalue weighted by atomic mass is 10.1. The maximum atomic E-state index is 14.0. The Morgan fingerprint density at radius 1 is 0.962 bits per heavy atom. The largest absolute Gasteiger partial charge is 0.306 e. The maximum Gasteiger partial charge on any atom is 0.231 e. The van der Waals surface area contributed by atoms with Crippen LogP contribution in [0, 0.1) is 5.82 Å². The first-order valence-corrected chi connectivity index (χ1v) is 7.92. The summed E-state index contributed by atoms with van der Waals surface area (Å²) in [6, 6.07) is 14.1. The molecule has 0 N–H and O–H groups in total. The minimum atomic E-state index is -0.388. The molecular weight excluding hydrogens is 331 g/mol. The topological polar surface area (TPSA) is 60.7 Å². The molecule has 3 heterocycles. The van der Waals surface area contributed by atoms with Gasteiger partial charge in [0.2, 0.25) is 5.78 Å². The van der Waals surface area contributed by atoms with E-state index in [9.17, 15) is 9.18 Å². The van der Waals surface area contributed by atoms with E-state index >= 15 is 0 Å². The second kappa shape index (κ2) is 6.68. The second-order valence-electron chi connectivity index (χ2n) is 5.62. The molecule has 26 heavy (non-hydrogen) atoms. The summed E-state index contributed by atoms with van der Waals surface area (Å²) in [5, 5.41) is 0. The van der Waals surface area contributed by atoms with E-state index in [2.05, 4.69) is 15.0 Å². The molecule has 0 aliphatic rings. The highest BCUT2D eigenvalue weighted by Crippen LogP contribution is 2.24. The van der Waals surface area contributed by atoms with Gasteiger partial charge in [-0.2, -0.15) is 0 Å². The number of benzene rings is 1. The van der Waals surface area contributed by atoms with Crippen molar-refractivity contribution in [2.45, 2.75) is 0 Å². The molecule has 3 aromatic heterocycles. The molecule has 5 nitrogen and oxygen atoms in total. The summed E-state index contributed by atoms with van der Waals surface area (Å²) in [7, 11) is 0. The van der Waals surface area contributed by atoms with Crippen molar-refractivity contribution < 1.29 is 9.18 Å². The number of imidazole rings is 1. The van der Waals surface area contributed by atoms with Crippen LogP contribution in [0.3, 0.4) is 0 Å². The van der Waals surface area contributed by atoms with Crippen molar-refractivity contribution in [3.63, 3.8) is 0 Å². The van der Waals surface area contributed by atoms with E-state index < -0.39 is 0 Å². The lowest BCUT2D eigenvalue weighted by Crippen LogP contribution is -2.03. The Balaban J connectivity index is 1.67. The van der Waals surface area contributed by atoms with Crippen LogP contribution >= 0.6 is 0 Å². The van der Waals surface area contributed by atoms with Crippen LogP contribution in [0.25, 0.3) is 16.8 Å². The van der Waals surface area contributed by atoms with Crippen LogP contribution in [0.15, 0.2) is 79.6 Å². The molecule has 4 rings (SSSR count). The second-order valence-corrected chi connectivity index (χ2v) is 5.62. The van der Waals surface area contributed by atoms with E-state index in [0.717, 1.165) is 5.69 Å². The minimum absolute atomic E-state index is 0.249. The molecule has 0 fully saturated rings. The molecule has 0 atom stereocenters. The molecule has 0 aliphatic heterocycles. The number of aromatic nitrogens is 4. The molecule has 0 saturated carbocycles. The molecular formula is C20H13FN4O. The zero-order chi connectivity index (χ0) is 17.9. The Hall–Kier alpha value is -3.67. The van der Waals surface area contributed by atoms with Crippen molar-refractivity contribution in [1.82, 2.24) is 19.5 Å². The molecule has 126 valence electrons. The molecule has 0 bridgehead atoms. The Bertz CT molecular complexity index is 1080. The van der Waals surface area contributed by atoms with Crippen LogP contribution in [-0.2, 0) is 0 Å². The van der Waals surface area contributed by atoms with Crippen molar-refractivity contribution in [2.75, 3.05) is 0 Å². The van der Waals surface area contributed by atoms with Gasteiger partial charge in [0.15, 0.2) is 0 Å². The van der Waals surface area contributed by atoms with Crippen LogP contribution in [-0.4, -0.2) is 25.3 Å². The number of hydrogen-bond acceptors (Lipinski definition) is 4. The monoisotopic (exact) mass is 344 g/mol. The number of carbonyl (C=O) groups excluding carboxylic acids is 1. The lowest BCUT2D eigenvalue weighted by Gasteiger charge is -2.06. The number of ketones is 1. The highest BCUT2D eigenvalue weighted by atomic mass is 19.1. The molecule has 0 unspecified atom stereocenters. The number of halogens is 1. The number of carbonyl (C=O) groups is 1. The van der Waals surface area contributed by atoms with Gasteiger partial charge in [0.1, 0.15) is 23.5 Å². The van der Waals surface area contributed by atoms with Crippen molar-refractivity contribution in [2.24, 2.45) is 0 Å². The maximum absolute atomic E-state index is 14.0. The van der Waals surface area contributed by atoms with E-state index in [1.165, 1.54) is 6.20 Å². The molecule has 0 spiro atoms. The van der Waals surface area contributed by atoms with Crippen LogP contribution < -0.4 is 0 Å². The summed E-state index contributed by atoms with van der Waals surface area (Å²) in [6.07, 6.45) is 7.49. The highest BCUT2D eigenvalue weighted by Gasteiger charge is 2.14. The van der Waals surface area contributed by atoms with Crippen LogP contribution in [0.1, 0.15) is 16.2 Å². The van der Waals surface area contributed by atoms with Crippen LogP contribution in [0.5, 0.6) is 0 Å². The smallest absolute Gasteiger partial charge is 0.231 e. The third-order valence-corrected chi connectivity index (χ3v) is 3.94. The Morgan fingerprint density at radius 3 is 2.69 bits per heavy atom. The number of pyridine rings is 2. The van der Waals surface area contributed by atoms with Crippen molar-refractivity contribution in [1.29, 1.82) is 0 Å². The van der Waals surface area contributed by atoms with Crippen molar-refractivity contribution in [3.8, 4) is 16.8 Å². The first-order valence-electron chi connectivity index (χ1n) is 7.92. The van der Waals surface area contributed by atoms with E-state index in [-0.39, 0.29) is 11.6 Å². The molecule has 4 aromatic rings. The summed E-state index contributed by atoms with van der Waals surface area (Å²) in [5.41, 5.74) is 2.58. The SMILES string of the molecule is O=C(c1ccccn1)c1cn(-c2cccc(-c3ccncc3F)c2)cn1. The van der Waals surface area contributed by atoms with Gasteiger partial charge in [-0.3, -0.25) is 14.8 Å². The summed E-state index contributed by atoms with van der Waals surface area (Å²) < 4.78 is 15.7. The third-order valence-electron chi connectivity index (χ3n) is 3.94. The molecule has 1 aromatic carbocycles. The van der Waals surface area contributed by atoms with Crippen molar-refractivity contribution >= 4 is 5.78 Å². The molecule has 0 saturated heterocycles. The van der Waals surface area contributed by atoms with E-state index in [0.29, 0.717) is 22.5 Å². The van der Waals surface area contributed by atoms with E-state index in [1.807, 2.05) is 24.3 Å². The quantitative estimate of drug-likeness (QED) is 0.530. The summed E-state index contributed by atoms with van der Waals surface area (Å²) in [5.74, 6) is -0.637. The molecule has 6 heteroatoms. The van der Waals surface area contributed by atoms with Gasteiger partial charge in [-0.1, -0.05) is 18.2 Å². The predicted molar refractivity (Wildman–Crippen MR) is 94.4 cm³/mol. The molecule has 0 radical (unpaired) electrons. The van der Waals surface area contributed by atoms with Crippen LogP contribution in [0.2, 0.25) is 0 Å². The van der Waals surface area contributed by atoms with Gasteiger partial charge < -0.3 is 4.57 Å². The minimum Gasteiger partial charge on any atom is -0.306 e. The molecule has 0 amide bonds. The normalized spacial score (nSPS) is 10.7. The van der Waals surface area contributed by atoms with Gasteiger partial charge in [0.25, 0.3) is 0 Å². The average molecular weight is 344 g/mol. The first kappa shape index (κ1) is 15.8. The van der Waals surface area contributed by atoms with E-state index in [4.69, 9.17) is 0 Å². The van der Waals surface area contributed by atoms with Gasteiger partial charge in [0, 0.05) is 29.8 Å². The van der Waals surface area contributed by atoms with E-state index in [1.54, 1.807) is 53.8 Å². The molecule has 0 aliphatic carbocycles. The number of rotatable bonds is 4. The third kappa shape index (κ3) is 3.00. The van der Waals surface area contributed by atoms with Crippen LogP contribution in [0.4, 0.5) is 4.39 Å². The Labute approximate surface area is 148 Å². The average Bonchev–Trinajstić information content (AvgIpc) is 3.19. The summed E-state index contributed by atoms with van der Waals surface area (Å²) in [6.45, 7) is 0. The predicted octanol–water partition coefficient (Wildman–Crippen LogP) is 3.70. The van der Waals surface area contributed by atoms with Gasteiger partial charge in [0.05, 0.1) is 6.20 Å².